The molecule has 0 N–H and O–H groups in total. The molecule has 0 bridgehead atoms. The van der Waals surface area contributed by atoms with Gasteiger partial charge in [-0.05, 0) is 91.7 Å². The van der Waals surface area contributed by atoms with Gasteiger partial charge in [0.2, 0.25) is 0 Å². The van der Waals surface area contributed by atoms with Gasteiger partial charge >= 0.3 is 0 Å². The van der Waals surface area contributed by atoms with E-state index in [-0.39, 0.29) is 0 Å². The Morgan fingerprint density at radius 2 is 0.933 bits per heavy atom. The zero-order valence-corrected chi connectivity index (χ0v) is 33.4. The standard InChI is InChI=1S/C57H36N2S/c1-4-16-38(17-5-1)56-58-51(41-19-14-18-39(33-41)40-29-31-53-48(34-40)55-45-24-11-10-15-37(45)28-32-54(55)60-53)36-52(59-56)42-27-30-47-46-25-12-13-26-49(46)57(50(47)35-42,43-20-6-2-7-21-43)44-22-8-3-9-23-44/h1-36H. The molecule has 2 heterocycles. The Kier molecular flexibility index (Phi) is 7.97. The topological polar surface area (TPSA) is 25.8 Å². The molecule has 60 heavy (non-hydrogen) atoms. The zero-order valence-electron chi connectivity index (χ0n) is 32.6. The van der Waals surface area contributed by atoms with Gasteiger partial charge < -0.3 is 0 Å². The Balaban J connectivity index is 1.03. The van der Waals surface area contributed by atoms with Crippen LogP contribution in [0.4, 0.5) is 0 Å². The molecule has 0 spiro atoms. The lowest BCUT2D eigenvalue weighted by atomic mass is 9.67. The molecule has 0 aliphatic heterocycles. The predicted molar refractivity (Wildman–Crippen MR) is 251 cm³/mol. The number of aromatic nitrogens is 2. The lowest BCUT2D eigenvalue weighted by Crippen LogP contribution is -2.28. The van der Waals surface area contributed by atoms with E-state index in [0.29, 0.717) is 5.82 Å². The number of thiophene rings is 1. The number of benzene rings is 9. The van der Waals surface area contributed by atoms with E-state index in [0.717, 1.165) is 33.6 Å². The van der Waals surface area contributed by atoms with Crippen LogP contribution in [-0.4, -0.2) is 9.97 Å². The van der Waals surface area contributed by atoms with Gasteiger partial charge in [-0.3, -0.25) is 0 Å². The van der Waals surface area contributed by atoms with Crippen LogP contribution in [0.5, 0.6) is 0 Å². The molecule has 11 aromatic rings. The Bertz CT molecular complexity index is 3380. The summed E-state index contributed by atoms with van der Waals surface area (Å²) in [6.45, 7) is 0. The van der Waals surface area contributed by atoms with E-state index in [1.807, 2.05) is 17.4 Å². The third kappa shape index (κ3) is 5.40. The van der Waals surface area contributed by atoms with E-state index in [1.165, 1.54) is 69.9 Å². The maximum absolute atomic E-state index is 5.32. The van der Waals surface area contributed by atoms with Crippen LogP contribution in [0.15, 0.2) is 218 Å². The first kappa shape index (κ1) is 34.6. The van der Waals surface area contributed by atoms with Crippen LogP contribution in [0.25, 0.3) is 87.1 Å². The van der Waals surface area contributed by atoms with E-state index < -0.39 is 5.41 Å². The average Bonchev–Trinajstić information content (AvgIpc) is 3.86. The molecule has 0 amide bonds. The van der Waals surface area contributed by atoms with Gasteiger partial charge in [0.05, 0.1) is 16.8 Å². The summed E-state index contributed by atoms with van der Waals surface area (Å²) in [6.07, 6.45) is 0. The largest absolute Gasteiger partial charge is 0.228 e. The molecule has 0 saturated heterocycles. The van der Waals surface area contributed by atoms with Crippen LogP contribution in [0, 0.1) is 0 Å². The molecule has 0 atom stereocenters. The van der Waals surface area contributed by atoms with Gasteiger partial charge in [0, 0.05) is 36.9 Å². The average molecular weight is 781 g/mol. The van der Waals surface area contributed by atoms with Crippen molar-refractivity contribution in [3.63, 3.8) is 0 Å². The Labute approximate surface area is 352 Å². The van der Waals surface area contributed by atoms with E-state index in [1.54, 1.807) is 0 Å². The van der Waals surface area contributed by atoms with Crippen LogP contribution in [0.1, 0.15) is 22.3 Å². The minimum atomic E-state index is -0.502. The molecule has 280 valence electrons. The predicted octanol–water partition coefficient (Wildman–Crippen LogP) is 15.0. The Morgan fingerprint density at radius 3 is 1.72 bits per heavy atom. The van der Waals surface area contributed by atoms with E-state index in [2.05, 4.69) is 212 Å². The fourth-order valence-corrected chi connectivity index (χ4v) is 10.7. The third-order valence-corrected chi connectivity index (χ3v) is 13.5. The second-order valence-electron chi connectivity index (χ2n) is 15.7. The highest BCUT2D eigenvalue weighted by Crippen LogP contribution is 2.56. The molecule has 9 aromatic carbocycles. The van der Waals surface area contributed by atoms with Gasteiger partial charge in [0.1, 0.15) is 0 Å². The van der Waals surface area contributed by atoms with Crippen molar-refractivity contribution in [3.8, 4) is 56.2 Å². The fourth-order valence-electron chi connectivity index (χ4n) is 9.65. The first-order valence-electron chi connectivity index (χ1n) is 20.5. The highest BCUT2D eigenvalue weighted by molar-refractivity contribution is 7.26. The number of hydrogen-bond acceptors (Lipinski definition) is 3. The summed E-state index contributed by atoms with van der Waals surface area (Å²) < 4.78 is 2.62. The van der Waals surface area contributed by atoms with Gasteiger partial charge in [0.15, 0.2) is 5.82 Å². The number of hydrogen-bond donors (Lipinski definition) is 0. The van der Waals surface area contributed by atoms with Crippen LogP contribution in [0.2, 0.25) is 0 Å². The van der Waals surface area contributed by atoms with E-state index in [4.69, 9.17) is 9.97 Å². The maximum Gasteiger partial charge on any atom is 0.160 e. The highest BCUT2D eigenvalue weighted by atomic mass is 32.1. The van der Waals surface area contributed by atoms with Crippen molar-refractivity contribution >= 4 is 42.3 Å². The molecule has 0 unspecified atom stereocenters. The maximum atomic E-state index is 5.32. The minimum absolute atomic E-state index is 0.502. The summed E-state index contributed by atoms with van der Waals surface area (Å²) in [6, 6.07) is 79.2. The highest BCUT2D eigenvalue weighted by Gasteiger charge is 2.46. The van der Waals surface area contributed by atoms with Crippen molar-refractivity contribution < 1.29 is 0 Å². The van der Waals surface area contributed by atoms with Gasteiger partial charge in [-0.1, -0.05) is 182 Å². The molecule has 0 saturated carbocycles. The molecule has 1 aliphatic rings. The van der Waals surface area contributed by atoms with Gasteiger partial charge in [0.25, 0.3) is 0 Å². The van der Waals surface area contributed by atoms with Gasteiger partial charge in [-0.25, -0.2) is 9.97 Å². The smallest absolute Gasteiger partial charge is 0.160 e. The summed E-state index contributed by atoms with van der Waals surface area (Å²) in [5.74, 6) is 0.702. The van der Waals surface area contributed by atoms with Crippen molar-refractivity contribution in [2.45, 2.75) is 5.41 Å². The number of nitrogens with zero attached hydrogens (tertiary/aromatic N) is 2. The van der Waals surface area contributed by atoms with Crippen LogP contribution in [-0.2, 0) is 5.41 Å². The zero-order chi connectivity index (χ0) is 39.6. The number of fused-ring (bicyclic) bond motifs is 8. The normalized spacial score (nSPS) is 12.8. The quantitative estimate of drug-likeness (QED) is 0.168. The molecular formula is C57H36N2S. The van der Waals surface area contributed by atoms with Crippen molar-refractivity contribution in [3.05, 3.63) is 241 Å². The molecule has 0 fully saturated rings. The summed E-state index contributed by atoms with van der Waals surface area (Å²) >= 11 is 1.86. The van der Waals surface area contributed by atoms with Crippen LogP contribution >= 0.6 is 11.3 Å². The van der Waals surface area contributed by atoms with Gasteiger partial charge in [-0.15, -0.1) is 11.3 Å². The number of rotatable bonds is 6. The Morgan fingerprint density at radius 1 is 0.350 bits per heavy atom. The first-order valence-corrected chi connectivity index (χ1v) is 21.3. The molecule has 0 radical (unpaired) electrons. The lowest BCUT2D eigenvalue weighted by molar-refractivity contribution is 0.768. The van der Waals surface area contributed by atoms with Crippen molar-refractivity contribution in [1.82, 2.24) is 9.97 Å². The summed E-state index contributed by atoms with van der Waals surface area (Å²) in [5, 5.41) is 5.20. The van der Waals surface area contributed by atoms with Crippen LogP contribution < -0.4 is 0 Å². The van der Waals surface area contributed by atoms with Crippen LogP contribution in [0.3, 0.4) is 0 Å². The first-order chi connectivity index (χ1) is 29.7. The minimum Gasteiger partial charge on any atom is -0.228 e. The summed E-state index contributed by atoms with van der Waals surface area (Å²) in [5.41, 5.74) is 14.2. The molecular weight excluding hydrogens is 745 g/mol. The third-order valence-electron chi connectivity index (χ3n) is 12.4. The second kappa shape index (κ2) is 13.8. The van der Waals surface area contributed by atoms with Crippen molar-refractivity contribution in [2.24, 2.45) is 0 Å². The molecule has 3 heteroatoms. The van der Waals surface area contributed by atoms with Crippen molar-refractivity contribution in [1.29, 1.82) is 0 Å². The molecule has 2 aromatic heterocycles. The molecule has 12 rings (SSSR count). The van der Waals surface area contributed by atoms with E-state index >= 15 is 0 Å². The summed E-state index contributed by atoms with van der Waals surface area (Å²) in [4.78, 5) is 10.6. The van der Waals surface area contributed by atoms with Crippen molar-refractivity contribution in [2.75, 3.05) is 0 Å². The van der Waals surface area contributed by atoms with E-state index in [9.17, 15) is 0 Å². The molecule has 1 aliphatic carbocycles. The fraction of sp³-hybridized carbons (Fsp3) is 0.0175. The lowest BCUT2D eigenvalue weighted by Gasteiger charge is -2.34. The Hall–Kier alpha value is -7.46. The molecule has 2 nitrogen and oxygen atoms in total. The SMILES string of the molecule is c1ccc(-c2nc(-c3cccc(-c4ccc5sc6ccc7ccccc7c6c5c4)c3)cc(-c3ccc4c(c3)C(c3ccccc3)(c3ccccc3)c3ccccc3-4)n2)cc1. The monoisotopic (exact) mass is 780 g/mol. The summed E-state index contributed by atoms with van der Waals surface area (Å²) in [7, 11) is 0. The van der Waals surface area contributed by atoms with Gasteiger partial charge in [-0.2, -0.15) is 0 Å². The second-order valence-corrected chi connectivity index (χ2v) is 16.8.